The van der Waals surface area contributed by atoms with Crippen molar-refractivity contribution in [3.63, 3.8) is 0 Å². The Bertz CT molecular complexity index is 696. The topological polar surface area (TPSA) is 84.0 Å². The van der Waals surface area contributed by atoms with Crippen LogP contribution in [0.2, 0.25) is 0 Å². The molecule has 0 saturated heterocycles. The summed E-state index contributed by atoms with van der Waals surface area (Å²) in [4.78, 5) is 32.4. The Balaban J connectivity index is 1.46. The number of thiazole rings is 1. The maximum atomic E-state index is 12.1. The van der Waals surface area contributed by atoms with Crippen molar-refractivity contribution >= 4 is 28.3 Å². The van der Waals surface area contributed by atoms with E-state index in [0.29, 0.717) is 17.4 Å². The quantitative estimate of drug-likeness (QED) is 0.843. The molecule has 1 fully saturated rings. The van der Waals surface area contributed by atoms with Crippen LogP contribution >= 0.6 is 11.3 Å². The summed E-state index contributed by atoms with van der Waals surface area (Å²) in [6.07, 6.45) is 7.79. The Kier molecular flexibility index (Phi) is 5.53. The molecule has 0 radical (unpaired) electrons. The fraction of sp³-hybridized carbons (Fsp3) is 0.412. The van der Waals surface area contributed by atoms with E-state index in [4.69, 9.17) is 0 Å². The molecule has 6 nitrogen and oxygen atoms in total. The lowest BCUT2D eigenvalue weighted by Crippen LogP contribution is -2.24. The average molecular weight is 344 g/mol. The third-order valence-electron chi connectivity index (χ3n) is 4.06. The summed E-state index contributed by atoms with van der Waals surface area (Å²) in [6, 6.07) is 3.74. The molecule has 2 amide bonds. The highest BCUT2D eigenvalue weighted by atomic mass is 32.1. The molecule has 0 unspecified atom stereocenters. The van der Waals surface area contributed by atoms with Gasteiger partial charge in [-0.2, -0.15) is 0 Å². The number of anilines is 1. The SMILES string of the molecule is O=C(Cc1csc(NC(=O)C2CCCC2)n1)NCc1cccnc1. The Hall–Kier alpha value is -2.28. The predicted molar refractivity (Wildman–Crippen MR) is 92.5 cm³/mol. The monoisotopic (exact) mass is 344 g/mol. The molecule has 2 aromatic heterocycles. The average Bonchev–Trinajstić information content (AvgIpc) is 3.26. The van der Waals surface area contributed by atoms with Gasteiger partial charge in [-0.3, -0.25) is 14.6 Å². The molecule has 2 heterocycles. The summed E-state index contributed by atoms with van der Waals surface area (Å²) in [5.74, 6) is 0.0624. The molecule has 1 saturated carbocycles. The van der Waals surface area contributed by atoms with Crippen molar-refractivity contribution < 1.29 is 9.59 Å². The van der Waals surface area contributed by atoms with Crippen molar-refractivity contribution in [1.29, 1.82) is 0 Å². The number of aromatic nitrogens is 2. The molecule has 0 atom stereocenters. The maximum absolute atomic E-state index is 12.1. The van der Waals surface area contributed by atoms with Crippen molar-refractivity contribution in [2.24, 2.45) is 5.92 Å². The largest absolute Gasteiger partial charge is 0.352 e. The Morgan fingerprint density at radius 2 is 2.12 bits per heavy atom. The first-order chi connectivity index (χ1) is 11.7. The van der Waals surface area contributed by atoms with Gasteiger partial charge >= 0.3 is 0 Å². The maximum Gasteiger partial charge on any atom is 0.229 e. The van der Waals surface area contributed by atoms with E-state index < -0.39 is 0 Å². The summed E-state index contributed by atoms with van der Waals surface area (Å²) >= 11 is 1.36. The second-order valence-electron chi connectivity index (χ2n) is 5.93. The van der Waals surface area contributed by atoms with E-state index >= 15 is 0 Å². The van der Waals surface area contributed by atoms with Crippen LogP contribution in [0.15, 0.2) is 29.9 Å². The van der Waals surface area contributed by atoms with E-state index in [0.717, 1.165) is 31.2 Å². The van der Waals surface area contributed by atoms with Gasteiger partial charge in [0.15, 0.2) is 5.13 Å². The van der Waals surface area contributed by atoms with Gasteiger partial charge in [0.25, 0.3) is 0 Å². The highest BCUT2D eigenvalue weighted by Crippen LogP contribution is 2.26. The zero-order valence-corrected chi connectivity index (χ0v) is 14.1. The number of pyridine rings is 1. The summed E-state index contributed by atoms with van der Waals surface area (Å²) in [7, 11) is 0. The Morgan fingerprint density at radius 1 is 1.29 bits per heavy atom. The Morgan fingerprint density at radius 3 is 2.88 bits per heavy atom. The molecule has 2 N–H and O–H groups in total. The van der Waals surface area contributed by atoms with Crippen LogP contribution in [0.3, 0.4) is 0 Å². The molecule has 1 aliphatic rings. The van der Waals surface area contributed by atoms with Gasteiger partial charge in [-0.05, 0) is 24.5 Å². The van der Waals surface area contributed by atoms with Crippen LogP contribution < -0.4 is 10.6 Å². The second kappa shape index (κ2) is 8.01. The van der Waals surface area contributed by atoms with E-state index in [1.807, 2.05) is 17.5 Å². The van der Waals surface area contributed by atoms with E-state index in [1.54, 1.807) is 12.4 Å². The molecule has 0 spiro atoms. The van der Waals surface area contributed by atoms with Crippen molar-refractivity contribution in [2.45, 2.75) is 38.6 Å². The van der Waals surface area contributed by atoms with Crippen molar-refractivity contribution in [1.82, 2.24) is 15.3 Å². The van der Waals surface area contributed by atoms with Gasteiger partial charge in [0.05, 0.1) is 12.1 Å². The number of hydrogen-bond donors (Lipinski definition) is 2. The number of rotatable bonds is 6. The minimum Gasteiger partial charge on any atom is -0.352 e. The normalized spacial score (nSPS) is 14.5. The van der Waals surface area contributed by atoms with Gasteiger partial charge in [-0.15, -0.1) is 11.3 Å². The first kappa shape index (κ1) is 16.6. The molecule has 0 bridgehead atoms. The number of amides is 2. The van der Waals surface area contributed by atoms with Gasteiger partial charge in [0.1, 0.15) is 0 Å². The summed E-state index contributed by atoms with van der Waals surface area (Å²) < 4.78 is 0. The van der Waals surface area contributed by atoms with Crippen LogP contribution in [0.4, 0.5) is 5.13 Å². The molecule has 24 heavy (non-hydrogen) atoms. The van der Waals surface area contributed by atoms with Crippen LogP contribution in [0.25, 0.3) is 0 Å². The third-order valence-corrected chi connectivity index (χ3v) is 4.87. The van der Waals surface area contributed by atoms with Gasteiger partial charge < -0.3 is 10.6 Å². The minimum atomic E-state index is -0.0992. The van der Waals surface area contributed by atoms with E-state index in [1.165, 1.54) is 11.3 Å². The molecular weight excluding hydrogens is 324 g/mol. The molecule has 3 rings (SSSR count). The lowest BCUT2D eigenvalue weighted by atomic mass is 10.1. The van der Waals surface area contributed by atoms with Gasteiger partial charge in [-0.1, -0.05) is 18.9 Å². The van der Waals surface area contributed by atoms with Crippen molar-refractivity contribution in [3.05, 3.63) is 41.2 Å². The van der Waals surface area contributed by atoms with Gasteiger partial charge in [0, 0.05) is 30.2 Å². The van der Waals surface area contributed by atoms with Crippen molar-refractivity contribution in [3.8, 4) is 0 Å². The number of nitrogens with zero attached hydrogens (tertiary/aromatic N) is 2. The fourth-order valence-electron chi connectivity index (χ4n) is 2.77. The standard InChI is InChI=1S/C17H20N4O2S/c22-15(19-10-12-4-3-7-18-9-12)8-14-11-24-17(20-14)21-16(23)13-5-1-2-6-13/h3-4,7,9,11,13H,1-2,5-6,8,10H2,(H,19,22)(H,20,21,23). The minimum absolute atomic E-state index is 0.0504. The lowest BCUT2D eigenvalue weighted by Gasteiger charge is -2.07. The summed E-state index contributed by atoms with van der Waals surface area (Å²) in [6.45, 7) is 0.447. The molecule has 1 aliphatic carbocycles. The summed E-state index contributed by atoms with van der Waals surface area (Å²) in [5, 5.41) is 8.09. The molecule has 0 aromatic carbocycles. The molecular formula is C17H20N4O2S. The number of nitrogens with one attached hydrogen (secondary N) is 2. The van der Waals surface area contributed by atoms with E-state index in [2.05, 4.69) is 20.6 Å². The number of hydrogen-bond acceptors (Lipinski definition) is 5. The van der Waals surface area contributed by atoms with Gasteiger partial charge in [-0.25, -0.2) is 4.98 Å². The molecule has 7 heteroatoms. The van der Waals surface area contributed by atoms with Crippen LogP contribution in [-0.2, 0) is 22.6 Å². The highest BCUT2D eigenvalue weighted by Gasteiger charge is 2.23. The lowest BCUT2D eigenvalue weighted by molar-refractivity contribution is -0.121. The zero-order chi connectivity index (χ0) is 16.8. The van der Waals surface area contributed by atoms with E-state index in [-0.39, 0.29) is 24.2 Å². The third kappa shape index (κ3) is 4.61. The predicted octanol–water partition coefficient (Wildman–Crippen LogP) is 2.53. The van der Waals surface area contributed by atoms with Gasteiger partial charge in [0.2, 0.25) is 11.8 Å². The Labute approximate surface area is 144 Å². The molecule has 2 aromatic rings. The first-order valence-electron chi connectivity index (χ1n) is 8.11. The van der Waals surface area contributed by atoms with Crippen LogP contribution in [0.5, 0.6) is 0 Å². The van der Waals surface area contributed by atoms with Crippen LogP contribution in [0.1, 0.15) is 36.9 Å². The molecule has 126 valence electrons. The zero-order valence-electron chi connectivity index (χ0n) is 13.3. The van der Waals surface area contributed by atoms with Crippen molar-refractivity contribution in [2.75, 3.05) is 5.32 Å². The molecule has 0 aliphatic heterocycles. The summed E-state index contributed by atoms with van der Waals surface area (Å²) in [5.41, 5.74) is 1.62. The fourth-order valence-corrected chi connectivity index (χ4v) is 3.48. The number of carbonyl (C=O) groups is 2. The number of carbonyl (C=O) groups excluding carboxylic acids is 2. The van der Waals surface area contributed by atoms with E-state index in [9.17, 15) is 9.59 Å². The smallest absolute Gasteiger partial charge is 0.229 e. The van der Waals surface area contributed by atoms with Crippen LogP contribution in [0, 0.1) is 5.92 Å². The van der Waals surface area contributed by atoms with Crippen LogP contribution in [-0.4, -0.2) is 21.8 Å². The second-order valence-corrected chi connectivity index (χ2v) is 6.79. The first-order valence-corrected chi connectivity index (χ1v) is 8.99. The highest BCUT2D eigenvalue weighted by molar-refractivity contribution is 7.13.